The molecular formula is C68H62N4. The van der Waals surface area contributed by atoms with Crippen LogP contribution in [0, 0.1) is 0 Å². The lowest BCUT2D eigenvalue weighted by molar-refractivity contribution is 0.594. The molecule has 0 aliphatic carbocycles. The lowest BCUT2D eigenvalue weighted by atomic mass is 9.85. The summed E-state index contributed by atoms with van der Waals surface area (Å²) in [6, 6.07) is 32.0. The van der Waals surface area contributed by atoms with E-state index in [1.54, 1.807) is 9.80 Å². The molecule has 13 rings (SSSR count). The highest BCUT2D eigenvalue weighted by Crippen LogP contribution is 2.53. The third-order valence-corrected chi connectivity index (χ3v) is 14.9. The molecule has 0 radical (unpaired) electrons. The van der Waals surface area contributed by atoms with Crippen LogP contribution in [-0.2, 0) is 10.8 Å². The molecule has 4 nitrogen and oxygen atoms in total. The number of para-hydroxylation sites is 4. The summed E-state index contributed by atoms with van der Waals surface area (Å²) in [5.41, 5.74) is 9.65. The number of benzene rings is 9. The SMILES string of the molecule is [2H]c1c([2H])c([2H])c(N(c2ccc(C(C)C)cc2)c2ccc3c4c([2H])c5c(c([2H])c4n4c6c(C(C)(C)C)cccc6c2c34)c2ccc(N(c3ccc(C(C)C)cc3)c3c([2H])c([2H])c([2H])c([2H])c3[2H])c3c4cccc(C(C)(C)C)c4n5c23)c([2H])c1[2H]. The Morgan fingerprint density at radius 3 is 1.11 bits per heavy atom. The first-order valence-electron chi connectivity index (χ1n) is 31.0. The Morgan fingerprint density at radius 1 is 0.389 bits per heavy atom. The molecule has 4 aromatic heterocycles. The fraction of sp³-hybridized carbons (Fsp3) is 0.206. The van der Waals surface area contributed by atoms with E-state index in [9.17, 15) is 8.22 Å². The van der Waals surface area contributed by atoms with Crippen LogP contribution in [0.15, 0.2) is 182 Å². The van der Waals surface area contributed by atoms with Crippen molar-refractivity contribution in [2.45, 2.75) is 91.9 Å². The highest BCUT2D eigenvalue weighted by Gasteiger charge is 2.31. The molecule has 0 aliphatic rings. The number of anilines is 6. The van der Waals surface area contributed by atoms with E-state index < -0.39 is 47.1 Å². The summed E-state index contributed by atoms with van der Waals surface area (Å²) in [6.07, 6.45) is 0. The van der Waals surface area contributed by atoms with E-state index >= 15 is 0 Å². The Kier molecular flexibility index (Phi) is 7.25. The zero-order valence-electron chi connectivity index (χ0n) is 54.3. The van der Waals surface area contributed by atoms with E-state index in [0.29, 0.717) is 55.3 Å². The first kappa shape index (κ1) is 32.9. The molecule has 0 amide bonds. The number of hydrogen-bond donors (Lipinski definition) is 0. The van der Waals surface area contributed by atoms with Crippen LogP contribution >= 0.6 is 0 Å². The lowest BCUT2D eigenvalue weighted by Gasteiger charge is -2.27. The van der Waals surface area contributed by atoms with Gasteiger partial charge < -0.3 is 18.6 Å². The molecule has 4 heterocycles. The van der Waals surface area contributed by atoms with Crippen molar-refractivity contribution in [1.82, 2.24) is 8.80 Å². The number of nitrogens with zero attached hydrogens (tertiary/aromatic N) is 4. The molecule has 0 spiro atoms. The zero-order chi connectivity index (χ0) is 60.0. The third-order valence-electron chi connectivity index (χ3n) is 14.9. The minimum Gasteiger partial charge on any atom is -0.310 e. The highest BCUT2D eigenvalue weighted by atomic mass is 15.2. The predicted molar refractivity (Wildman–Crippen MR) is 311 cm³/mol. The van der Waals surface area contributed by atoms with Gasteiger partial charge in [-0.05, 0) is 118 Å². The summed E-state index contributed by atoms with van der Waals surface area (Å²) >= 11 is 0. The molecule has 0 N–H and O–H groups in total. The Bertz CT molecular complexity index is 4580. The monoisotopic (exact) mass is 947 g/mol. The molecule has 0 saturated carbocycles. The van der Waals surface area contributed by atoms with Gasteiger partial charge >= 0.3 is 0 Å². The molecule has 9 aromatic carbocycles. The molecule has 72 heavy (non-hydrogen) atoms. The van der Waals surface area contributed by atoms with Crippen molar-refractivity contribution in [1.29, 1.82) is 0 Å². The van der Waals surface area contributed by atoms with Crippen LogP contribution in [0.2, 0.25) is 0 Å². The first-order chi connectivity index (χ1) is 39.7. The molecule has 0 saturated heterocycles. The van der Waals surface area contributed by atoms with Crippen LogP contribution in [0.25, 0.3) is 76.2 Å². The Morgan fingerprint density at radius 2 is 0.764 bits per heavy atom. The Labute approximate surface area is 439 Å². The molecule has 4 heteroatoms. The molecule has 0 unspecified atom stereocenters. The summed E-state index contributed by atoms with van der Waals surface area (Å²) in [6.45, 7) is 21.3. The molecule has 0 atom stereocenters. The summed E-state index contributed by atoms with van der Waals surface area (Å²) in [5.74, 6) is 0.406. The topological polar surface area (TPSA) is 15.3 Å². The number of aromatic nitrogens is 2. The second kappa shape index (κ2) is 15.8. The fourth-order valence-corrected chi connectivity index (χ4v) is 11.5. The van der Waals surface area contributed by atoms with Gasteiger partial charge in [0.05, 0.1) is 60.9 Å². The van der Waals surface area contributed by atoms with Crippen LogP contribution in [0.5, 0.6) is 0 Å². The van der Waals surface area contributed by atoms with Crippen LogP contribution < -0.4 is 9.80 Å². The molecule has 0 bridgehead atoms. The van der Waals surface area contributed by atoms with Gasteiger partial charge in [0.2, 0.25) is 0 Å². The Balaban J connectivity index is 1.22. The van der Waals surface area contributed by atoms with Crippen molar-refractivity contribution in [3.63, 3.8) is 0 Å². The maximum Gasteiger partial charge on any atom is 0.0653 e. The summed E-state index contributed by atoms with van der Waals surface area (Å²) in [5, 5.41) is 5.62. The van der Waals surface area contributed by atoms with Crippen LogP contribution in [0.1, 0.15) is 120 Å². The van der Waals surface area contributed by atoms with Gasteiger partial charge in [0, 0.05) is 65.8 Å². The van der Waals surface area contributed by atoms with Crippen molar-refractivity contribution in [2.24, 2.45) is 0 Å². The Hall–Kier alpha value is -7.82. The summed E-state index contributed by atoms with van der Waals surface area (Å²) in [4.78, 5) is 3.56. The van der Waals surface area contributed by atoms with E-state index in [2.05, 4.69) is 90.2 Å². The van der Waals surface area contributed by atoms with Crippen LogP contribution in [0.3, 0.4) is 0 Å². The fourth-order valence-electron chi connectivity index (χ4n) is 11.5. The average molecular weight is 947 g/mol. The normalized spacial score (nSPS) is 15.2. The maximum absolute atomic E-state index is 10.9. The molecule has 0 aliphatic heterocycles. The maximum atomic E-state index is 10.9. The lowest BCUT2D eigenvalue weighted by Crippen LogP contribution is -2.12. The van der Waals surface area contributed by atoms with Crippen molar-refractivity contribution < 1.29 is 16.4 Å². The standard InChI is InChI=1S/C68H62N4/c1-41(2)43-27-31-47(32-28-43)69(45-19-13-11-14-20-45)57-37-35-49-53-39-60-54(40-59(53)71-63-51(61(57)65(49)71)23-17-25-55(63)67(5,6)7)50-36-38-58(62-52-24-18-26-56(68(8,9)10)64(52)72(60)66(50)62)70(46-21-15-12-16-22-46)48-33-29-44(30-34-48)42(3)4/h11-42H,1-10H3/i11D,12D,13D,14D,15D,16D,19D,20D,21D,22D,39D,40D. The minimum atomic E-state index is -0.494. The largest absolute Gasteiger partial charge is 0.310 e. The van der Waals surface area contributed by atoms with E-state index in [1.165, 1.54) is 0 Å². The van der Waals surface area contributed by atoms with Gasteiger partial charge in [0.1, 0.15) is 0 Å². The molecule has 0 fully saturated rings. The average Bonchev–Trinajstić information content (AvgIpc) is 1.55. The van der Waals surface area contributed by atoms with E-state index in [-0.39, 0.29) is 59.5 Å². The van der Waals surface area contributed by atoms with Gasteiger partial charge in [-0.25, -0.2) is 0 Å². The van der Waals surface area contributed by atoms with E-state index in [1.807, 2.05) is 97.1 Å². The van der Waals surface area contributed by atoms with Gasteiger partial charge in [-0.2, -0.15) is 0 Å². The number of hydrogen-bond acceptors (Lipinski definition) is 2. The predicted octanol–water partition coefficient (Wildman–Crippen LogP) is 19.8. The van der Waals surface area contributed by atoms with E-state index in [4.69, 9.17) is 8.22 Å². The third kappa shape index (κ3) is 6.43. The van der Waals surface area contributed by atoms with Crippen molar-refractivity contribution >= 4 is 110 Å². The second-order valence-corrected chi connectivity index (χ2v) is 22.1. The molecule has 13 aromatic rings. The van der Waals surface area contributed by atoms with Crippen molar-refractivity contribution in [2.75, 3.05) is 9.80 Å². The van der Waals surface area contributed by atoms with Crippen LogP contribution in [0.4, 0.5) is 34.1 Å². The van der Waals surface area contributed by atoms with Gasteiger partial charge in [-0.1, -0.05) is 178 Å². The number of fused-ring (bicyclic) bond motifs is 12. The van der Waals surface area contributed by atoms with Gasteiger partial charge in [0.15, 0.2) is 0 Å². The summed E-state index contributed by atoms with van der Waals surface area (Å²) < 4.78 is 117. The second-order valence-electron chi connectivity index (χ2n) is 22.1. The highest BCUT2D eigenvalue weighted by molar-refractivity contribution is 6.32. The minimum absolute atomic E-state index is 0.00911. The van der Waals surface area contributed by atoms with Crippen LogP contribution in [-0.4, -0.2) is 8.80 Å². The van der Waals surface area contributed by atoms with E-state index in [0.717, 1.165) is 65.9 Å². The quantitative estimate of drug-likeness (QED) is 0.151. The molecular weight excluding hydrogens is 873 g/mol. The smallest absolute Gasteiger partial charge is 0.0653 e. The first-order valence-corrected chi connectivity index (χ1v) is 25.0. The zero-order valence-corrected chi connectivity index (χ0v) is 42.3. The molecule has 354 valence electrons. The van der Waals surface area contributed by atoms with Crippen molar-refractivity contribution in [3.05, 3.63) is 204 Å². The van der Waals surface area contributed by atoms with Gasteiger partial charge in [-0.15, -0.1) is 0 Å². The van der Waals surface area contributed by atoms with Crippen molar-refractivity contribution in [3.8, 4) is 0 Å². The van der Waals surface area contributed by atoms with Gasteiger partial charge in [0.25, 0.3) is 0 Å². The number of rotatable bonds is 8. The summed E-state index contributed by atoms with van der Waals surface area (Å²) in [7, 11) is 0. The van der Waals surface area contributed by atoms with Gasteiger partial charge in [-0.3, -0.25) is 0 Å².